The van der Waals surface area contributed by atoms with Crippen LogP contribution in [0, 0.1) is 18.8 Å². The van der Waals surface area contributed by atoms with Gasteiger partial charge >= 0.3 is 6.03 Å². The van der Waals surface area contributed by atoms with Gasteiger partial charge in [0.1, 0.15) is 0 Å². The molecule has 0 spiro atoms. The van der Waals surface area contributed by atoms with Crippen LogP contribution in [0.2, 0.25) is 0 Å². The number of hydrogen-bond donors (Lipinski definition) is 1. The van der Waals surface area contributed by atoms with Crippen molar-refractivity contribution >= 4 is 17.4 Å². The SMILES string of the molecule is CCc1nc(CCNC(=O)N2CC3C4CCC(O4)C3C2)sc1C. The average molecular weight is 335 g/mol. The maximum absolute atomic E-state index is 12.4. The summed E-state index contributed by atoms with van der Waals surface area (Å²) in [5.74, 6) is 1.15. The van der Waals surface area contributed by atoms with Gasteiger partial charge in [-0.2, -0.15) is 0 Å². The first-order valence-electron chi connectivity index (χ1n) is 8.79. The van der Waals surface area contributed by atoms with Crippen LogP contribution in [0.5, 0.6) is 0 Å². The molecule has 4 unspecified atom stereocenters. The largest absolute Gasteiger partial charge is 0.374 e. The summed E-state index contributed by atoms with van der Waals surface area (Å²) in [4.78, 5) is 20.3. The minimum atomic E-state index is 0.0859. The van der Waals surface area contributed by atoms with E-state index in [2.05, 4.69) is 24.1 Å². The van der Waals surface area contributed by atoms with Gasteiger partial charge in [0.25, 0.3) is 0 Å². The van der Waals surface area contributed by atoms with E-state index in [9.17, 15) is 4.79 Å². The first-order chi connectivity index (χ1) is 11.2. The third-order valence-corrected chi connectivity index (χ3v) is 6.70. The predicted octanol–water partition coefficient (Wildman–Crippen LogP) is 2.38. The maximum atomic E-state index is 12.4. The van der Waals surface area contributed by atoms with Crippen LogP contribution < -0.4 is 5.32 Å². The van der Waals surface area contributed by atoms with Crippen LogP contribution in [-0.2, 0) is 17.6 Å². The molecule has 1 aromatic heterocycles. The van der Waals surface area contributed by atoms with Gasteiger partial charge in [-0.3, -0.25) is 0 Å². The molecule has 126 valence electrons. The highest BCUT2D eigenvalue weighted by molar-refractivity contribution is 7.11. The first-order valence-corrected chi connectivity index (χ1v) is 9.60. The lowest BCUT2D eigenvalue weighted by atomic mass is 9.82. The van der Waals surface area contributed by atoms with Crippen LogP contribution in [0.1, 0.15) is 35.3 Å². The lowest BCUT2D eigenvalue weighted by molar-refractivity contribution is 0.0739. The standard InChI is InChI=1S/C17H25N3O2S/c1-3-13-10(2)23-16(19-13)6-7-18-17(21)20-8-11-12(9-20)15-5-4-14(11)22-15/h11-12,14-15H,3-9H2,1-2H3,(H,18,21). The molecule has 1 aromatic rings. The molecule has 3 aliphatic rings. The van der Waals surface area contributed by atoms with Crippen molar-refractivity contribution in [2.75, 3.05) is 19.6 Å². The molecule has 4 atom stereocenters. The molecule has 2 amide bonds. The number of likely N-dealkylation sites (tertiary alicyclic amines) is 1. The van der Waals surface area contributed by atoms with Crippen molar-refractivity contribution in [3.8, 4) is 0 Å². The second-order valence-electron chi connectivity index (χ2n) is 6.97. The first kappa shape index (κ1) is 15.4. The smallest absolute Gasteiger partial charge is 0.317 e. The van der Waals surface area contributed by atoms with Crippen molar-refractivity contribution in [3.05, 3.63) is 15.6 Å². The zero-order chi connectivity index (χ0) is 16.0. The number of ether oxygens (including phenoxy) is 1. The fraction of sp³-hybridized carbons (Fsp3) is 0.765. The Labute approximate surface area is 141 Å². The molecular formula is C17H25N3O2S. The van der Waals surface area contributed by atoms with Crippen molar-refractivity contribution < 1.29 is 9.53 Å². The predicted molar refractivity (Wildman–Crippen MR) is 89.8 cm³/mol. The fourth-order valence-corrected chi connectivity index (χ4v) is 5.46. The number of aryl methyl sites for hydroxylation is 2. The van der Waals surface area contributed by atoms with E-state index in [1.165, 1.54) is 23.4 Å². The topological polar surface area (TPSA) is 54.5 Å². The minimum absolute atomic E-state index is 0.0859. The third-order valence-electron chi connectivity index (χ3n) is 5.63. The summed E-state index contributed by atoms with van der Waals surface area (Å²) in [6.07, 6.45) is 5.00. The van der Waals surface area contributed by atoms with Crippen LogP contribution >= 0.6 is 11.3 Å². The second-order valence-corrected chi connectivity index (χ2v) is 8.26. The Bertz CT molecular complexity index is 585. The van der Waals surface area contributed by atoms with Crippen LogP contribution in [0.25, 0.3) is 0 Å². The van der Waals surface area contributed by atoms with E-state index >= 15 is 0 Å². The molecule has 3 saturated heterocycles. The Morgan fingerprint density at radius 3 is 2.65 bits per heavy atom. The van der Waals surface area contributed by atoms with E-state index in [-0.39, 0.29) is 6.03 Å². The van der Waals surface area contributed by atoms with Gasteiger partial charge in [0.15, 0.2) is 0 Å². The highest BCUT2D eigenvalue weighted by atomic mass is 32.1. The van der Waals surface area contributed by atoms with Gasteiger partial charge < -0.3 is 15.0 Å². The number of nitrogens with one attached hydrogen (secondary N) is 1. The number of fused-ring (bicyclic) bond motifs is 5. The van der Waals surface area contributed by atoms with E-state index < -0.39 is 0 Å². The molecule has 0 aliphatic carbocycles. The van der Waals surface area contributed by atoms with Crippen molar-refractivity contribution in [1.29, 1.82) is 0 Å². The van der Waals surface area contributed by atoms with Crippen molar-refractivity contribution in [1.82, 2.24) is 15.2 Å². The molecule has 4 rings (SSSR count). The summed E-state index contributed by atoms with van der Waals surface area (Å²) in [6.45, 7) is 6.67. The number of rotatable bonds is 4. The zero-order valence-corrected chi connectivity index (χ0v) is 14.7. The lowest BCUT2D eigenvalue weighted by Crippen LogP contribution is -2.40. The molecule has 2 bridgehead atoms. The number of aromatic nitrogens is 1. The molecule has 6 heteroatoms. The molecule has 3 aliphatic heterocycles. The Balaban J connectivity index is 1.26. The Kier molecular flexibility index (Phi) is 4.05. The van der Waals surface area contributed by atoms with Gasteiger partial charge in [-0.05, 0) is 26.2 Å². The maximum Gasteiger partial charge on any atom is 0.317 e. The summed E-state index contributed by atoms with van der Waals surface area (Å²) >= 11 is 1.75. The van der Waals surface area contributed by atoms with E-state index in [1.807, 2.05) is 4.90 Å². The van der Waals surface area contributed by atoms with Gasteiger partial charge in [0.05, 0.1) is 22.9 Å². The van der Waals surface area contributed by atoms with Crippen LogP contribution in [0.15, 0.2) is 0 Å². The lowest BCUT2D eigenvalue weighted by Gasteiger charge is -2.19. The summed E-state index contributed by atoms with van der Waals surface area (Å²) in [5, 5.41) is 4.20. The monoisotopic (exact) mass is 335 g/mol. The normalized spacial score (nSPS) is 31.7. The number of hydrogen-bond acceptors (Lipinski definition) is 4. The third kappa shape index (κ3) is 2.76. The molecule has 0 aromatic carbocycles. The number of amides is 2. The number of carbonyl (C=O) groups excluding carboxylic acids is 1. The number of nitrogens with zero attached hydrogens (tertiary/aromatic N) is 2. The van der Waals surface area contributed by atoms with Crippen molar-refractivity contribution in [2.45, 2.75) is 51.7 Å². The van der Waals surface area contributed by atoms with Gasteiger partial charge in [0.2, 0.25) is 0 Å². The van der Waals surface area contributed by atoms with Crippen molar-refractivity contribution in [3.63, 3.8) is 0 Å². The van der Waals surface area contributed by atoms with Crippen LogP contribution in [-0.4, -0.2) is 47.8 Å². The quantitative estimate of drug-likeness (QED) is 0.919. The Morgan fingerprint density at radius 2 is 2.04 bits per heavy atom. The van der Waals surface area contributed by atoms with E-state index in [1.54, 1.807) is 11.3 Å². The molecule has 0 saturated carbocycles. The van der Waals surface area contributed by atoms with Gasteiger partial charge in [0, 0.05) is 42.8 Å². The van der Waals surface area contributed by atoms with E-state index in [0.29, 0.717) is 30.6 Å². The highest BCUT2D eigenvalue weighted by Crippen LogP contribution is 2.47. The Hall–Kier alpha value is -1.14. The van der Waals surface area contributed by atoms with E-state index in [4.69, 9.17) is 4.74 Å². The summed E-state index contributed by atoms with van der Waals surface area (Å²) in [6, 6.07) is 0.0859. The molecule has 1 N–H and O–H groups in total. The van der Waals surface area contributed by atoms with Gasteiger partial charge in [-0.1, -0.05) is 6.92 Å². The average Bonchev–Trinajstić information content (AvgIpc) is 3.28. The van der Waals surface area contributed by atoms with Crippen LogP contribution in [0.3, 0.4) is 0 Å². The van der Waals surface area contributed by atoms with Crippen molar-refractivity contribution in [2.24, 2.45) is 11.8 Å². The minimum Gasteiger partial charge on any atom is -0.374 e. The Morgan fingerprint density at radius 1 is 1.35 bits per heavy atom. The molecule has 23 heavy (non-hydrogen) atoms. The molecule has 5 nitrogen and oxygen atoms in total. The summed E-state index contributed by atoms with van der Waals surface area (Å²) in [7, 11) is 0. The molecule has 3 fully saturated rings. The van der Waals surface area contributed by atoms with Gasteiger partial charge in [-0.25, -0.2) is 9.78 Å². The molecule has 4 heterocycles. The number of carbonyl (C=O) groups is 1. The van der Waals surface area contributed by atoms with E-state index in [0.717, 1.165) is 30.9 Å². The van der Waals surface area contributed by atoms with Crippen LogP contribution in [0.4, 0.5) is 4.79 Å². The number of thiazole rings is 1. The highest BCUT2D eigenvalue weighted by Gasteiger charge is 2.53. The number of urea groups is 1. The fourth-order valence-electron chi connectivity index (χ4n) is 4.44. The summed E-state index contributed by atoms with van der Waals surface area (Å²) < 4.78 is 5.97. The molecular weight excluding hydrogens is 310 g/mol. The van der Waals surface area contributed by atoms with Gasteiger partial charge in [-0.15, -0.1) is 11.3 Å². The second kappa shape index (κ2) is 6.06. The summed E-state index contributed by atoms with van der Waals surface area (Å²) in [5.41, 5.74) is 1.19. The zero-order valence-electron chi connectivity index (χ0n) is 13.9. The molecule has 0 radical (unpaired) electrons.